The molecule has 0 atom stereocenters. The zero-order valence-corrected chi connectivity index (χ0v) is 16.8. The molecule has 0 amide bonds. The number of benzene rings is 3. The maximum Gasteiger partial charge on any atom is 0.0715 e. The van der Waals surface area contributed by atoms with E-state index >= 15 is 0 Å². The van der Waals surface area contributed by atoms with Crippen LogP contribution in [0.2, 0.25) is 0 Å². The van der Waals surface area contributed by atoms with Crippen LogP contribution in [-0.4, -0.2) is 19.1 Å². The van der Waals surface area contributed by atoms with E-state index < -0.39 is 0 Å². The van der Waals surface area contributed by atoms with E-state index in [-0.39, 0.29) is 0 Å². The normalized spacial score (nSPS) is 11.0. The summed E-state index contributed by atoms with van der Waals surface area (Å²) in [5, 5.41) is 0. The lowest BCUT2D eigenvalue weighted by atomic mass is 10.0. The molecule has 0 spiro atoms. The average Bonchev–Trinajstić information content (AvgIpc) is 2.79. The molecule has 0 saturated heterocycles. The van der Waals surface area contributed by atoms with Crippen molar-refractivity contribution >= 4 is 17.8 Å². The summed E-state index contributed by atoms with van der Waals surface area (Å²) in [7, 11) is 4.11. The second-order valence-corrected chi connectivity index (χ2v) is 7.22. The number of pyridine rings is 1. The molecule has 0 aliphatic heterocycles. The van der Waals surface area contributed by atoms with Gasteiger partial charge in [-0.15, -0.1) is 0 Å². The van der Waals surface area contributed by atoms with Gasteiger partial charge in [-0.2, -0.15) is 0 Å². The van der Waals surface area contributed by atoms with E-state index in [9.17, 15) is 0 Å². The fourth-order valence-electron chi connectivity index (χ4n) is 3.24. The molecule has 0 unspecified atom stereocenters. The van der Waals surface area contributed by atoms with Gasteiger partial charge in [-0.3, -0.25) is 0 Å². The third kappa shape index (κ3) is 4.61. The Bertz CT molecular complexity index is 1040. The third-order valence-corrected chi connectivity index (χ3v) is 4.86. The van der Waals surface area contributed by atoms with Gasteiger partial charge in [0, 0.05) is 30.9 Å². The van der Waals surface area contributed by atoms with Crippen molar-refractivity contribution in [2.24, 2.45) is 0 Å². The van der Waals surface area contributed by atoms with Gasteiger partial charge in [0.1, 0.15) is 0 Å². The third-order valence-electron chi connectivity index (χ3n) is 4.86. The van der Waals surface area contributed by atoms with Gasteiger partial charge < -0.3 is 4.90 Å². The highest BCUT2D eigenvalue weighted by atomic mass is 15.1. The van der Waals surface area contributed by atoms with Crippen LogP contribution in [-0.2, 0) is 0 Å². The molecule has 2 nitrogen and oxygen atoms in total. The Hall–Kier alpha value is -3.65. The van der Waals surface area contributed by atoms with Crippen LogP contribution in [0.5, 0.6) is 0 Å². The van der Waals surface area contributed by atoms with Crippen molar-refractivity contribution in [1.29, 1.82) is 0 Å². The van der Waals surface area contributed by atoms with Gasteiger partial charge >= 0.3 is 0 Å². The molecule has 0 aliphatic rings. The van der Waals surface area contributed by atoms with Crippen molar-refractivity contribution in [3.05, 3.63) is 108 Å². The molecule has 0 fully saturated rings. The first-order valence-electron chi connectivity index (χ1n) is 9.77. The van der Waals surface area contributed by atoms with Crippen molar-refractivity contribution in [1.82, 2.24) is 4.98 Å². The van der Waals surface area contributed by atoms with E-state index in [0.717, 1.165) is 28.1 Å². The highest BCUT2D eigenvalue weighted by Gasteiger charge is 2.06. The lowest BCUT2D eigenvalue weighted by Gasteiger charge is -2.11. The van der Waals surface area contributed by atoms with Crippen LogP contribution in [0.4, 0.5) is 5.69 Å². The molecule has 142 valence electrons. The zero-order valence-electron chi connectivity index (χ0n) is 16.8. The largest absolute Gasteiger partial charge is 0.378 e. The molecule has 0 aliphatic carbocycles. The van der Waals surface area contributed by atoms with E-state index in [1.165, 1.54) is 11.3 Å². The van der Waals surface area contributed by atoms with Crippen LogP contribution < -0.4 is 4.90 Å². The number of hydrogen-bond donors (Lipinski definition) is 0. The van der Waals surface area contributed by atoms with Crippen LogP contribution in [0, 0.1) is 0 Å². The predicted molar refractivity (Wildman–Crippen MR) is 125 cm³/mol. The zero-order chi connectivity index (χ0) is 20.1. The number of nitrogens with zero attached hydrogens (tertiary/aromatic N) is 2. The van der Waals surface area contributed by atoms with Crippen LogP contribution in [0.3, 0.4) is 0 Å². The Balaban J connectivity index is 1.72. The molecule has 0 radical (unpaired) electrons. The first kappa shape index (κ1) is 18.7. The molecule has 0 saturated carbocycles. The molecule has 0 N–H and O–H groups in total. The predicted octanol–water partition coefficient (Wildman–Crippen LogP) is 6.65. The van der Waals surface area contributed by atoms with E-state index in [1.54, 1.807) is 0 Å². The number of hydrogen-bond acceptors (Lipinski definition) is 2. The molecule has 4 rings (SSSR count). The number of aromatic nitrogens is 1. The second kappa shape index (κ2) is 8.57. The minimum atomic E-state index is 0.981. The first-order chi connectivity index (χ1) is 14.2. The lowest BCUT2D eigenvalue weighted by Crippen LogP contribution is -2.07. The monoisotopic (exact) mass is 376 g/mol. The Kier molecular flexibility index (Phi) is 5.53. The van der Waals surface area contributed by atoms with Crippen LogP contribution in [0.25, 0.3) is 34.7 Å². The summed E-state index contributed by atoms with van der Waals surface area (Å²) >= 11 is 0. The van der Waals surface area contributed by atoms with E-state index in [1.807, 2.05) is 36.4 Å². The first-order valence-corrected chi connectivity index (χ1v) is 9.77. The van der Waals surface area contributed by atoms with Gasteiger partial charge in [0.25, 0.3) is 0 Å². The summed E-state index contributed by atoms with van der Waals surface area (Å²) in [4.78, 5) is 7.03. The van der Waals surface area contributed by atoms with Crippen molar-refractivity contribution in [2.75, 3.05) is 19.0 Å². The topological polar surface area (TPSA) is 16.1 Å². The van der Waals surface area contributed by atoms with Gasteiger partial charge in [0.05, 0.1) is 11.4 Å². The van der Waals surface area contributed by atoms with Gasteiger partial charge in [-0.05, 0) is 35.4 Å². The lowest BCUT2D eigenvalue weighted by molar-refractivity contribution is 1.13. The maximum absolute atomic E-state index is 4.92. The molecular formula is C27H24N2. The maximum atomic E-state index is 4.92. The molecule has 3 aromatic carbocycles. The van der Waals surface area contributed by atoms with E-state index in [4.69, 9.17) is 4.98 Å². The SMILES string of the molecule is CN(C)c1ccc(C=Cc2cc(-c3ccccc3)nc(-c3ccccc3)c2)cc1. The molecule has 4 aromatic rings. The second-order valence-electron chi connectivity index (χ2n) is 7.22. The minimum Gasteiger partial charge on any atom is -0.378 e. The number of anilines is 1. The average molecular weight is 377 g/mol. The quantitative estimate of drug-likeness (QED) is 0.387. The van der Waals surface area contributed by atoms with Gasteiger partial charge in [0.2, 0.25) is 0 Å². The van der Waals surface area contributed by atoms with Crippen LogP contribution in [0.1, 0.15) is 11.1 Å². The fraction of sp³-hybridized carbons (Fsp3) is 0.0741. The van der Waals surface area contributed by atoms with Gasteiger partial charge in [-0.1, -0.05) is 84.9 Å². The Morgan fingerprint density at radius 1 is 0.586 bits per heavy atom. The summed E-state index contributed by atoms with van der Waals surface area (Å²) in [6.45, 7) is 0. The summed E-state index contributed by atoms with van der Waals surface area (Å²) in [5.41, 5.74) is 7.71. The standard InChI is InChI=1S/C27H24N2/c1-29(2)25-17-15-21(16-18-25)13-14-22-19-26(23-9-5-3-6-10-23)28-27(20-22)24-11-7-4-8-12-24/h3-20H,1-2H3. The Morgan fingerprint density at radius 3 is 1.55 bits per heavy atom. The van der Waals surface area contributed by atoms with Crippen LogP contribution >= 0.6 is 0 Å². The Morgan fingerprint density at radius 2 is 1.07 bits per heavy atom. The molecule has 29 heavy (non-hydrogen) atoms. The summed E-state index contributed by atoms with van der Waals surface area (Å²) in [6.07, 6.45) is 4.31. The van der Waals surface area contributed by atoms with Crippen molar-refractivity contribution in [3.63, 3.8) is 0 Å². The van der Waals surface area contributed by atoms with E-state index in [0.29, 0.717) is 0 Å². The van der Waals surface area contributed by atoms with Gasteiger partial charge in [-0.25, -0.2) is 4.98 Å². The fourth-order valence-corrected chi connectivity index (χ4v) is 3.24. The highest BCUT2D eigenvalue weighted by molar-refractivity contribution is 5.76. The minimum absolute atomic E-state index is 0.981. The van der Waals surface area contributed by atoms with Crippen molar-refractivity contribution < 1.29 is 0 Å². The smallest absolute Gasteiger partial charge is 0.0715 e. The molecular weight excluding hydrogens is 352 g/mol. The van der Waals surface area contributed by atoms with Crippen molar-refractivity contribution in [2.45, 2.75) is 0 Å². The molecule has 0 bridgehead atoms. The van der Waals surface area contributed by atoms with Crippen molar-refractivity contribution in [3.8, 4) is 22.5 Å². The molecule has 2 heteroatoms. The summed E-state index contributed by atoms with van der Waals surface area (Å²) in [5.74, 6) is 0. The summed E-state index contributed by atoms with van der Waals surface area (Å²) in [6, 6.07) is 33.5. The summed E-state index contributed by atoms with van der Waals surface area (Å²) < 4.78 is 0. The van der Waals surface area contributed by atoms with Crippen LogP contribution in [0.15, 0.2) is 97.1 Å². The molecule has 1 heterocycles. The van der Waals surface area contributed by atoms with E-state index in [2.05, 4.69) is 91.8 Å². The molecule has 1 aromatic heterocycles. The van der Waals surface area contributed by atoms with Gasteiger partial charge in [0.15, 0.2) is 0 Å². The highest BCUT2D eigenvalue weighted by Crippen LogP contribution is 2.26. The number of rotatable bonds is 5. The Labute approximate surface area is 172 Å².